The van der Waals surface area contributed by atoms with Crippen LogP contribution in [0.25, 0.3) is 0 Å². The normalized spacial score (nSPS) is 29.9. The summed E-state index contributed by atoms with van der Waals surface area (Å²) in [5, 5.41) is 3.39. The van der Waals surface area contributed by atoms with Crippen LogP contribution in [0, 0.1) is 11.8 Å². The fourth-order valence-corrected chi connectivity index (χ4v) is 3.00. The Hall–Kier alpha value is -0.570. The zero-order valence-corrected chi connectivity index (χ0v) is 9.83. The summed E-state index contributed by atoms with van der Waals surface area (Å²) in [6.45, 7) is 7.35. The minimum atomic E-state index is 0.254. The highest BCUT2D eigenvalue weighted by atomic mass is 16.2. The molecule has 2 heterocycles. The Labute approximate surface area is 92.2 Å². The lowest BCUT2D eigenvalue weighted by molar-refractivity contribution is -0.136. The summed E-state index contributed by atoms with van der Waals surface area (Å²) in [5.74, 6) is 1.38. The molecular formula is C12H22N2O. The molecule has 3 heteroatoms. The molecule has 15 heavy (non-hydrogen) atoms. The molecule has 1 N–H and O–H groups in total. The highest BCUT2D eigenvalue weighted by molar-refractivity contribution is 5.79. The van der Waals surface area contributed by atoms with E-state index in [9.17, 15) is 4.79 Å². The summed E-state index contributed by atoms with van der Waals surface area (Å²) < 4.78 is 0. The summed E-state index contributed by atoms with van der Waals surface area (Å²) in [6, 6.07) is 0.498. The van der Waals surface area contributed by atoms with Gasteiger partial charge in [0.25, 0.3) is 0 Å². The smallest absolute Gasteiger partial charge is 0.225 e. The molecular weight excluding hydrogens is 188 g/mol. The monoisotopic (exact) mass is 210 g/mol. The van der Waals surface area contributed by atoms with E-state index in [0.717, 1.165) is 38.4 Å². The van der Waals surface area contributed by atoms with Crippen LogP contribution < -0.4 is 5.32 Å². The summed E-state index contributed by atoms with van der Waals surface area (Å²) >= 11 is 0. The first kappa shape index (κ1) is 10.9. The average Bonchev–Trinajstić information content (AvgIpc) is 2.79. The van der Waals surface area contributed by atoms with E-state index in [-0.39, 0.29) is 5.92 Å². The van der Waals surface area contributed by atoms with E-state index < -0.39 is 0 Å². The van der Waals surface area contributed by atoms with Gasteiger partial charge in [0.15, 0.2) is 0 Å². The predicted octanol–water partition coefficient (Wildman–Crippen LogP) is 1.24. The van der Waals surface area contributed by atoms with Crippen LogP contribution in [0.4, 0.5) is 0 Å². The Morgan fingerprint density at radius 2 is 2.13 bits per heavy atom. The zero-order valence-electron chi connectivity index (χ0n) is 9.83. The summed E-state index contributed by atoms with van der Waals surface area (Å²) in [7, 11) is 0. The van der Waals surface area contributed by atoms with Crippen molar-refractivity contribution >= 4 is 5.91 Å². The molecule has 2 atom stereocenters. The molecule has 3 nitrogen and oxygen atoms in total. The van der Waals surface area contributed by atoms with Crippen LogP contribution >= 0.6 is 0 Å². The van der Waals surface area contributed by atoms with Gasteiger partial charge in [-0.1, -0.05) is 13.8 Å². The van der Waals surface area contributed by atoms with Crippen molar-refractivity contribution in [2.45, 2.75) is 39.2 Å². The van der Waals surface area contributed by atoms with Crippen LogP contribution in [0.15, 0.2) is 0 Å². The number of amides is 1. The lowest BCUT2D eigenvalue weighted by Gasteiger charge is -2.27. The first-order chi connectivity index (χ1) is 7.27. The van der Waals surface area contributed by atoms with E-state index in [1.165, 1.54) is 6.42 Å². The molecule has 2 aliphatic rings. The number of hydrogen-bond donors (Lipinski definition) is 1. The maximum atomic E-state index is 12.2. The number of nitrogens with one attached hydrogen (secondary N) is 1. The number of fused-ring (bicyclic) bond motifs is 1. The van der Waals surface area contributed by atoms with Crippen molar-refractivity contribution in [1.82, 2.24) is 10.2 Å². The second-order valence-electron chi connectivity index (χ2n) is 4.82. The number of likely N-dealkylation sites (tertiary alicyclic amines) is 1. The highest BCUT2D eigenvalue weighted by Crippen LogP contribution is 2.29. The van der Waals surface area contributed by atoms with Gasteiger partial charge in [-0.05, 0) is 25.2 Å². The van der Waals surface area contributed by atoms with E-state index in [1.54, 1.807) is 0 Å². The molecule has 86 valence electrons. The number of carbonyl (C=O) groups excluding carboxylic acids is 1. The molecule has 0 saturated carbocycles. The third-order valence-corrected chi connectivity index (χ3v) is 4.06. The molecule has 1 amide bonds. The van der Waals surface area contributed by atoms with E-state index in [4.69, 9.17) is 0 Å². The Morgan fingerprint density at radius 1 is 1.40 bits per heavy atom. The topological polar surface area (TPSA) is 32.3 Å². The van der Waals surface area contributed by atoms with Crippen molar-refractivity contribution < 1.29 is 4.79 Å². The van der Waals surface area contributed by atoms with E-state index in [2.05, 4.69) is 24.1 Å². The van der Waals surface area contributed by atoms with Crippen molar-refractivity contribution in [3.8, 4) is 0 Å². The van der Waals surface area contributed by atoms with Gasteiger partial charge in [0.05, 0.1) is 0 Å². The molecule has 0 aliphatic carbocycles. The van der Waals surface area contributed by atoms with E-state index in [0.29, 0.717) is 11.9 Å². The molecule has 0 aromatic rings. The summed E-state index contributed by atoms with van der Waals surface area (Å²) in [5.41, 5.74) is 0. The molecule has 2 saturated heterocycles. The zero-order chi connectivity index (χ0) is 10.8. The lowest BCUT2D eigenvalue weighted by Crippen LogP contribution is -2.42. The second kappa shape index (κ2) is 4.52. The van der Waals surface area contributed by atoms with Crippen molar-refractivity contribution in [2.24, 2.45) is 11.8 Å². The lowest BCUT2D eigenvalue weighted by atomic mass is 10.0. The van der Waals surface area contributed by atoms with Gasteiger partial charge in [-0.2, -0.15) is 0 Å². The third kappa shape index (κ3) is 1.89. The Balaban J connectivity index is 2.01. The first-order valence-electron chi connectivity index (χ1n) is 6.29. The number of hydrogen-bond acceptors (Lipinski definition) is 2. The minimum absolute atomic E-state index is 0.254. The Kier molecular flexibility index (Phi) is 3.29. The first-order valence-corrected chi connectivity index (χ1v) is 6.29. The van der Waals surface area contributed by atoms with Crippen molar-refractivity contribution in [2.75, 3.05) is 19.6 Å². The molecule has 0 bridgehead atoms. The fourth-order valence-electron chi connectivity index (χ4n) is 3.00. The average molecular weight is 210 g/mol. The van der Waals surface area contributed by atoms with E-state index in [1.807, 2.05) is 0 Å². The van der Waals surface area contributed by atoms with Crippen molar-refractivity contribution in [3.05, 3.63) is 0 Å². The van der Waals surface area contributed by atoms with Crippen LogP contribution in [0.3, 0.4) is 0 Å². The number of carbonyl (C=O) groups is 1. The second-order valence-corrected chi connectivity index (χ2v) is 4.82. The molecule has 0 radical (unpaired) electrons. The maximum absolute atomic E-state index is 12.2. The van der Waals surface area contributed by atoms with Gasteiger partial charge in [-0.3, -0.25) is 4.79 Å². The van der Waals surface area contributed by atoms with Gasteiger partial charge < -0.3 is 10.2 Å². The quantitative estimate of drug-likeness (QED) is 0.760. The van der Waals surface area contributed by atoms with Gasteiger partial charge in [-0.25, -0.2) is 0 Å². The van der Waals surface area contributed by atoms with Crippen molar-refractivity contribution in [3.63, 3.8) is 0 Å². The van der Waals surface area contributed by atoms with Gasteiger partial charge in [0, 0.05) is 31.6 Å². The maximum Gasteiger partial charge on any atom is 0.225 e. The van der Waals surface area contributed by atoms with Gasteiger partial charge in [-0.15, -0.1) is 0 Å². The predicted molar refractivity (Wildman–Crippen MR) is 60.5 cm³/mol. The molecule has 0 aromatic carbocycles. The minimum Gasteiger partial charge on any atom is -0.338 e. The largest absolute Gasteiger partial charge is 0.338 e. The van der Waals surface area contributed by atoms with E-state index >= 15 is 0 Å². The molecule has 2 unspecified atom stereocenters. The molecule has 0 spiro atoms. The Morgan fingerprint density at radius 3 is 2.80 bits per heavy atom. The van der Waals surface area contributed by atoms with Crippen LogP contribution in [0.1, 0.15) is 33.1 Å². The SMILES string of the molecule is CCC(CC)C(=O)N1CCC2CNCC21. The number of nitrogens with zero attached hydrogens (tertiary/aromatic N) is 1. The molecule has 2 aliphatic heterocycles. The third-order valence-electron chi connectivity index (χ3n) is 4.06. The summed E-state index contributed by atoms with van der Waals surface area (Å²) in [4.78, 5) is 14.4. The number of rotatable bonds is 3. The summed E-state index contributed by atoms with van der Waals surface area (Å²) in [6.07, 6.45) is 3.16. The van der Waals surface area contributed by atoms with Crippen LogP contribution in [0.2, 0.25) is 0 Å². The van der Waals surface area contributed by atoms with Gasteiger partial charge in [0.1, 0.15) is 0 Å². The van der Waals surface area contributed by atoms with Crippen LogP contribution in [0.5, 0.6) is 0 Å². The fraction of sp³-hybridized carbons (Fsp3) is 0.917. The van der Waals surface area contributed by atoms with Gasteiger partial charge >= 0.3 is 0 Å². The van der Waals surface area contributed by atoms with Gasteiger partial charge in [0.2, 0.25) is 5.91 Å². The molecule has 2 rings (SSSR count). The standard InChI is InChI=1S/C12H22N2O/c1-3-9(4-2)12(15)14-6-5-10-7-13-8-11(10)14/h9-11,13H,3-8H2,1-2H3. The van der Waals surface area contributed by atoms with Crippen LogP contribution in [-0.4, -0.2) is 36.5 Å². The Bertz CT molecular complexity index is 238. The molecule has 0 aromatic heterocycles. The molecule has 2 fully saturated rings. The van der Waals surface area contributed by atoms with Crippen molar-refractivity contribution in [1.29, 1.82) is 0 Å². The highest BCUT2D eigenvalue weighted by Gasteiger charge is 2.40. The van der Waals surface area contributed by atoms with Crippen LogP contribution in [-0.2, 0) is 4.79 Å².